The predicted octanol–water partition coefficient (Wildman–Crippen LogP) is 2.11. The molecule has 1 heteroatoms. The van der Waals surface area contributed by atoms with Crippen LogP contribution in [-0.4, -0.2) is 6.61 Å². The van der Waals surface area contributed by atoms with Crippen molar-refractivity contribution in [3.63, 3.8) is 0 Å². The van der Waals surface area contributed by atoms with E-state index in [-0.39, 0.29) is 0 Å². The molecule has 0 amide bonds. The molecule has 46 valence electrons. The third-order valence-corrected chi connectivity index (χ3v) is 0.645. The SMILES string of the molecule is C/C=C/C=C/OCC. The fourth-order valence-corrected chi connectivity index (χ4v) is 0.308. The van der Waals surface area contributed by atoms with Crippen molar-refractivity contribution in [1.82, 2.24) is 0 Å². The summed E-state index contributed by atoms with van der Waals surface area (Å²) in [4.78, 5) is 0. The predicted molar refractivity (Wildman–Crippen MR) is 35.6 cm³/mol. The quantitative estimate of drug-likeness (QED) is 0.401. The monoisotopic (exact) mass is 112 g/mol. The summed E-state index contributed by atoms with van der Waals surface area (Å²) in [6.07, 6.45) is 7.43. The molecule has 0 aliphatic heterocycles. The molecule has 0 heterocycles. The molecule has 0 fully saturated rings. The highest BCUT2D eigenvalue weighted by Gasteiger charge is 1.63. The lowest BCUT2D eigenvalue weighted by molar-refractivity contribution is 0.269. The van der Waals surface area contributed by atoms with Crippen molar-refractivity contribution < 1.29 is 4.74 Å². The van der Waals surface area contributed by atoms with Crippen molar-refractivity contribution in [2.24, 2.45) is 0 Å². The van der Waals surface area contributed by atoms with E-state index in [1.807, 2.05) is 32.1 Å². The fourth-order valence-electron chi connectivity index (χ4n) is 0.308. The van der Waals surface area contributed by atoms with Crippen molar-refractivity contribution >= 4 is 0 Å². The Balaban J connectivity index is 3.07. The van der Waals surface area contributed by atoms with E-state index < -0.39 is 0 Å². The molecule has 1 nitrogen and oxygen atoms in total. The Morgan fingerprint density at radius 1 is 1.38 bits per heavy atom. The van der Waals surface area contributed by atoms with Crippen molar-refractivity contribution in [2.75, 3.05) is 6.61 Å². The molecular weight excluding hydrogens is 100 g/mol. The first-order valence-electron chi connectivity index (χ1n) is 2.81. The van der Waals surface area contributed by atoms with Crippen LogP contribution >= 0.6 is 0 Å². The second-order valence-corrected chi connectivity index (χ2v) is 1.31. The van der Waals surface area contributed by atoms with E-state index in [9.17, 15) is 0 Å². The zero-order valence-corrected chi connectivity index (χ0v) is 5.42. The normalized spacial score (nSPS) is 11.2. The highest BCUT2D eigenvalue weighted by Crippen LogP contribution is 1.77. The number of rotatable bonds is 3. The van der Waals surface area contributed by atoms with Crippen LogP contribution in [0.3, 0.4) is 0 Å². The van der Waals surface area contributed by atoms with Crippen LogP contribution in [0.2, 0.25) is 0 Å². The van der Waals surface area contributed by atoms with E-state index in [0.717, 1.165) is 6.61 Å². The van der Waals surface area contributed by atoms with Gasteiger partial charge in [-0.1, -0.05) is 12.2 Å². The maximum atomic E-state index is 4.90. The van der Waals surface area contributed by atoms with Gasteiger partial charge in [0.15, 0.2) is 0 Å². The van der Waals surface area contributed by atoms with Crippen LogP contribution in [0.25, 0.3) is 0 Å². The number of ether oxygens (including phenoxy) is 1. The summed E-state index contributed by atoms with van der Waals surface area (Å²) in [5.41, 5.74) is 0. The Morgan fingerprint density at radius 2 is 2.12 bits per heavy atom. The van der Waals surface area contributed by atoms with Crippen LogP contribution in [0, 0.1) is 0 Å². The Bertz CT molecular complexity index is 82.4. The van der Waals surface area contributed by atoms with Gasteiger partial charge >= 0.3 is 0 Å². The molecule has 0 unspecified atom stereocenters. The van der Waals surface area contributed by atoms with Gasteiger partial charge in [-0.25, -0.2) is 0 Å². The van der Waals surface area contributed by atoms with Crippen LogP contribution in [0.1, 0.15) is 13.8 Å². The lowest BCUT2D eigenvalue weighted by Crippen LogP contribution is -1.74. The molecule has 0 spiro atoms. The van der Waals surface area contributed by atoms with Gasteiger partial charge in [-0.3, -0.25) is 0 Å². The summed E-state index contributed by atoms with van der Waals surface area (Å²) in [6.45, 7) is 4.67. The van der Waals surface area contributed by atoms with Crippen LogP contribution in [0.4, 0.5) is 0 Å². The van der Waals surface area contributed by atoms with Crippen LogP contribution < -0.4 is 0 Å². The van der Waals surface area contributed by atoms with Crippen molar-refractivity contribution in [3.8, 4) is 0 Å². The van der Waals surface area contributed by atoms with Gasteiger partial charge < -0.3 is 4.74 Å². The maximum absolute atomic E-state index is 4.90. The van der Waals surface area contributed by atoms with Gasteiger partial charge in [-0.05, 0) is 19.9 Å². The van der Waals surface area contributed by atoms with Gasteiger partial charge in [0.25, 0.3) is 0 Å². The Hall–Kier alpha value is -0.720. The Morgan fingerprint density at radius 3 is 2.62 bits per heavy atom. The summed E-state index contributed by atoms with van der Waals surface area (Å²) in [7, 11) is 0. The zero-order valence-electron chi connectivity index (χ0n) is 5.42. The number of hydrogen-bond donors (Lipinski definition) is 0. The van der Waals surface area contributed by atoms with Crippen molar-refractivity contribution in [1.29, 1.82) is 0 Å². The van der Waals surface area contributed by atoms with Gasteiger partial charge in [0.2, 0.25) is 0 Å². The van der Waals surface area contributed by atoms with Gasteiger partial charge in [-0.2, -0.15) is 0 Å². The van der Waals surface area contributed by atoms with E-state index in [1.165, 1.54) is 0 Å². The Kier molecular flexibility index (Phi) is 5.71. The van der Waals surface area contributed by atoms with Crippen molar-refractivity contribution in [3.05, 3.63) is 24.5 Å². The molecular formula is C7H12O. The highest BCUT2D eigenvalue weighted by atomic mass is 16.5. The molecule has 0 aliphatic rings. The molecule has 0 aromatic carbocycles. The van der Waals surface area contributed by atoms with Crippen molar-refractivity contribution in [2.45, 2.75) is 13.8 Å². The first-order chi connectivity index (χ1) is 3.91. The van der Waals surface area contributed by atoms with E-state index in [1.54, 1.807) is 6.26 Å². The van der Waals surface area contributed by atoms with Gasteiger partial charge in [-0.15, -0.1) is 0 Å². The van der Waals surface area contributed by atoms with Crippen LogP contribution in [0.5, 0.6) is 0 Å². The second-order valence-electron chi connectivity index (χ2n) is 1.31. The van der Waals surface area contributed by atoms with E-state index in [4.69, 9.17) is 4.74 Å². The molecule has 0 aliphatic carbocycles. The molecule has 0 saturated carbocycles. The summed E-state index contributed by atoms with van der Waals surface area (Å²) in [5, 5.41) is 0. The first kappa shape index (κ1) is 7.28. The molecule has 0 rings (SSSR count). The summed E-state index contributed by atoms with van der Waals surface area (Å²) < 4.78 is 4.90. The molecule has 0 N–H and O–H groups in total. The third-order valence-electron chi connectivity index (χ3n) is 0.645. The third kappa shape index (κ3) is 5.28. The lowest BCUT2D eigenvalue weighted by Gasteiger charge is -1.87. The lowest BCUT2D eigenvalue weighted by atomic mass is 10.5. The molecule has 0 atom stereocenters. The van der Waals surface area contributed by atoms with Crippen LogP contribution in [-0.2, 0) is 4.74 Å². The molecule has 0 aromatic heterocycles. The highest BCUT2D eigenvalue weighted by molar-refractivity contribution is 4.97. The summed E-state index contributed by atoms with van der Waals surface area (Å²) in [6, 6.07) is 0. The fraction of sp³-hybridized carbons (Fsp3) is 0.429. The maximum Gasteiger partial charge on any atom is 0.0845 e. The van der Waals surface area contributed by atoms with E-state index in [2.05, 4.69) is 0 Å². The Labute approximate surface area is 50.7 Å². The smallest absolute Gasteiger partial charge is 0.0845 e. The summed E-state index contributed by atoms with van der Waals surface area (Å²) in [5.74, 6) is 0. The average molecular weight is 112 g/mol. The number of allylic oxidation sites excluding steroid dienone is 3. The van der Waals surface area contributed by atoms with Gasteiger partial charge in [0.05, 0.1) is 12.9 Å². The standard InChI is InChI=1S/C7H12O/c1-3-5-6-7-8-4-2/h3,5-7H,4H2,1-2H3/b5-3+,7-6+. The second kappa shape index (κ2) is 6.28. The van der Waals surface area contributed by atoms with E-state index >= 15 is 0 Å². The summed E-state index contributed by atoms with van der Waals surface area (Å²) >= 11 is 0. The largest absolute Gasteiger partial charge is 0.501 e. The molecule has 0 bridgehead atoms. The minimum absolute atomic E-state index is 0.744. The molecule has 0 saturated heterocycles. The van der Waals surface area contributed by atoms with Gasteiger partial charge in [0, 0.05) is 0 Å². The molecule has 0 aromatic rings. The average Bonchev–Trinajstić information content (AvgIpc) is 1.81. The zero-order chi connectivity index (χ0) is 6.24. The molecule has 0 radical (unpaired) electrons. The minimum atomic E-state index is 0.744. The number of hydrogen-bond acceptors (Lipinski definition) is 1. The molecule has 8 heavy (non-hydrogen) atoms. The van der Waals surface area contributed by atoms with Gasteiger partial charge in [0.1, 0.15) is 0 Å². The van der Waals surface area contributed by atoms with E-state index in [0.29, 0.717) is 0 Å². The topological polar surface area (TPSA) is 9.23 Å². The van der Waals surface area contributed by atoms with Crippen LogP contribution in [0.15, 0.2) is 24.5 Å². The minimum Gasteiger partial charge on any atom is -0.501 e. The first-order valence-corrected chi connectivity index (χ1v) is 2.81.